The van der Waals surface area contributed by atoms with Crippen molar-refractivity contribution in [2.24, 2.45) is 11.7 Å². The molecule has 2 heterocycles. The number of pyridine rings is 1. The summed E-state index contributed by atoms with van der Waals surface area (Å²) in [6, 6.07) is 7.93. The number of esters is 1. The standard InChI is InChI=1S/C19H21FN4O4/c20-19-13(11-28-18(26)6-16(21)22)2-1-3-15(19)24-8-12(9-24)10-27-14-4-5-17(25)23-7-14/h1-5,7,12H,6,8-11H2,(H3,21,22)(H,23,25). The molecule has 1 aliphatic rings. The van der Waals surface area contributed by atoms with Gasteiger partial charge in [0.2, 0.25) is 5.56 Å². The van der Waals surface area contributed by atoms with Crippen molar-refractivity contribution < 1.29 is 18.7 Å². The Morgan fingerprint density at radius 1 is 1.32 bits per heavy atom. The minimum atomic E-state index is -0.666. The van der Waals surface area contributed by atoms with Crippen LogP contribution >= 0.6 is 0 Å². The average Bonchev–Trinajstić information content (AvgIpc) is 2.61. The van der Waals surface area contributed by atoms with Crippen molar-refractivity contribution in [1.82, 2.24) is 4.98 Å². The lowest BCUT2D eigenvalue weighted by atomic mass is 9.99. The predicted molar refractivity (Wildman–Crippen MR) is 101 cm³/mol. The number of amidine groups is 1. The van der Waals surface area contributed by atoms with Crippen molar-refractivity contribution in [3.05, 3.63) is 58.3 Å². The molecule has 8 nitrogen and oxygen atoms in total. The lowest BCUT2D eigenvalue weighted by Gasteiger charge is -2.41. The molecule has 1 aromatic carbocycles. The van der Waals surface area contributed by atoms with Crippen LogP contribution in [0.25, 0.3) is 0 Å². The zero-order valence-corrected chi connectivity index (χ0v) is 15.1. The van der Waals surface area contributed by atoms with E-state index in [1.807, 2.05) is 4.90 Å². The zero-order valence-electron chi connectivity index (χ0n) is 15.1. The average molecular weight is 388 g/mol. The van der Waals surface area contributed by atoms with E-state index in [1.165, 1.54) is 12.3 Å². The number of nitrogens with zero attached hydrogens (tertiary/aromatic N) is 1. The Morgan fingerprint density at radius 3 is 2.79 bits per heavy atom. The number of ether oxygens (including phenoxy) is 2. The molecule has 0 saturated carbocycles. The number of hydrogen-bond acceptors (Lipinski definition) is 6. The largest absolute Gasteiger partial charge is 0.492 e. The third-order valence-electron chi connectivity index (χ3n) is 4.32. The number of H-pyrrole nitrogens is 1. The highest BCUT2D eigenvalue weighted by Crippen LogP contribution is 2.29. The van der Waals surface area contributed by atoms with Gasteiger partial charge in [0.1, 0.15) is 24.6 Å². The Labute approximate surface area is 160 Å². The van der Waals surface area contributed by atoms with Crippen molar-refractivity contribution in [2.45, 2.75) is 13.0 Å². The Hall–Kier alpha value is -3.36. The Bertz CT molecular complexity index is 904. The molecule has 0 bridgehead atoms. The molecule has 1 saturated heterocycles. The first-order valence-corrected chi connectivity index (χ1v) is 8.75. The van der Waals surface area contributed by atoms with Crippen LogP contribution in [0.2, 0.25) is 0 Å². The Kier molecular flexibility index (Phi) is 5.93. The molecular formula is C19H21FN4O4. The van der Waals surface area contributed by atoms with E-state index in [2.05, 4.69) is 4.98 Å². The van der Waals surface area contributed by atoms with E-state index in [-0.39, 0.29) is 35.9 Å². The molecule has 1 fully saturated rings. The minimum absolute atomic E-state index is 0.190. The summed E-state index contributed by atoms with van der Waals surface area (Å²) in [5.41, 5.74) is 5.66. The van der Waals surface area contributed by atoms with Crippen LogP contribution in [-0.4, -0.2) is 36.5 Å². The monoisotopic (exact) mass is 388 g/mol. The lowest BCUT2D eigenvalue weighted by molar-refractivity contribution is -0.143. The predicted octanol–water partition coefficient (Wildman–Crippen LogP) is 1.40. The second kappa shape index (κ2) is 8.55. The summed E-state index contributed by atoms with van der Waals surface area (Å²) in [6.07, 6.45) is 1.19. The van der Waals surface area contributed by atoms with Gasteiger partial charge >= 0.3 is 5.97 Å². The highest BCUT2D eigenvalue weighted by atomic mass is 19.1. The van der Waals surface area contributed by atoms with E-state index in [0.717, 1.165) is 0 Å². The molecule has 0 radical (unpaired) electrons. The van der Waals surface area contributed by atoms with E-state index in [4.69, 9.17) is 20.6 Å². The molecular weight excluding hydrogens is 367 g/mol. The van der Waals surface area contributed by atoms with Gasteiger partial charge in [-0.05, 0) is 12.1 Å². The van der Waals surface area contributed by atoms with Crippen LogP contribution in [0.1, 0.15) is 12.0 Å². The molecule has 0 spiro atoms. The summed E-state index contributed by atoms with van der Waals surface area (Å²) in [7, 11) is 0. The van der Waals surface area contributed by atoms with Gasteiger partial charge in [0.25, 0.3) is 0 Å². The quantitative estimate of drug-likeness (QED) is 0.357. The number of carbonyl (C=O) groups is 1. The first-order valence-electron chi connectivity index (χ1n) is 8.75. The van der Waals surface area contributed by atoms with Crippen LogP contribution in [0, 0.1) is 17.1 Å². The molecule has 148 valence electrons. The number of benzene rings is 1. The number of aromatic amines is 1. The van der Waals surface area contributed by atoms with Gasteiger partial charge in [0.15, 0.2) is 5.82 Å². The van der Waals surface area contributed by atoms with Crippen LogP contribution in [0.3, 0.4) is 0 Å². The number of halogens is 1. The number of anilines is 1. The second-order valence-corrected chi connectivity index (χ2v) is 6.58. The Morgan fingerprint density at radius 2 is 2.11 bits per heavy atom. The molecule has 28 heavy (non-hydrogen) atoms. The molecule has 0 atom stereocenters. The molecule has 0 amide bonds. The SMILES string of the molecule is N=C(N)CC(=O)OCc1cccc(N2CC(COc3ccc(=O)[nH]c3)C2)c1F. The van der Waals surface area contributed by atoms with Crippen molar-refractivity contribution in [2.75, 3.05) is 24.6 Å². The summed E-state index contributed by atoms with van der Waals surface area (Å²) >= 11 is 0. The highest BCUT2D eigenvalue weighted by molar-refractivity contribution is 5.94. The third kappa shape index (κ3) is 4.87. The molecule has 2 aromatic rings. The Balaban J connectivity index is 1.51. The second-order valence-electron chi connectivity index (χ2n) is 6.58. The fourth-order valence-electron chi connectivity index (χ4n) is 2.86. The summed E-state index contributed by atoms with van der Waals surface area (Å²) < 4.78 is 25.3. The molecule has 3 rings (SSSR count). The van der Waals surface area contributed by atoms with Crippen LogP contribution < -0.4 is 20.9 Å². The smallest absolute Gasteiger partial charge is 0.313 e. The molecule has 0 aliphatic carbocycles. The maximum atomic E-state index is 14.7. The number of carbonyl (C=O) groups excluding carboxylic acids is 1. The summed E-state index contributed by atoms with van der Waals surface area (Å²) in [5, 5.41) is 7.06. The summed E-state index contributed by atoms with van der Waals surface area (Å²) in [6.45, 7) is 1.52. The first-order chi connectivity index (χ1) is 13.4. The van der Waals surface area contributed by atoms with E-state index in [1.54, 1.807) is 24.3 Å². The summed E-state index contributed by atoms with van der Waals surface area (Å²) in [4.78, 5) is 26.9. The van der Waals surface area contributed by atoms with Gasteiger partial charge in [-0.2, -0.15) is 0 Å². The number of rotatable bonds is 8. The molecule has 4 N–H and O–H groups in total. The number of hydrogen-bond donors (Lipinski definition) is 3. The van der Waals surface area contributed by atoms with Gasteiger partial charge in [0, 0.05) is 36.8 Å². The zero-order chi connectivity index (χ0) is 20.1. The highest BCUT2D eigenvalue weighted by Gasteiger charge is 2.30. The van der Waals surface area contributed by atoms with Gasteiger partial charge in [-0.25, -0.2) is 4.39 Å². The fraction of sp³-hybridized carbons (Fsp3) is 0.316. The lowest BCUT2D eigenvalue weighted by Crippen LogP contribution is -2.49. The third-order valence-corrected chi connectivity index (χ3v) is 4.32. The van der Waals surface area contributed by atoms with Crippen LogP contribution in [0.4, 0.5) is 10.1 Å². The van der Waals surface area contributed by atoms with Gasteiger partial charge in [-0.15, -0.1) is 0 Å². The van der Waals surface area contributed by atoms with E-state index < -0.39 is 11.8 Å². The van der Waals surface area contributed by atoms with Gasteiger partial charge in [-0.1, -0.05) is 12.1 Å². The van der Waals surface area contributed by atoms with Crippen LogP contribution in [-0.2, 0) is 16.1 Å². The number of aromatic nitrogens is 1. The van der Waals surface area contributed by atoms with Crippen molar-refractivity contribution in [3.8, 4) is 5.75 Å². The van der Waals surface area contributed by atoms with E-state index in [9.17, 15) is 14.0 Å². The maximum Gasteiger partial charge on any atom is 0.313 e. The molecule has 0 unspecified atom stereocenters. The van der Waals surface area contributed by atoms with Gasteiger partial charge < -0.3 is 25.1 Å². The fourth-order valence-corrected chi connectivity index (χ4v) is 2.86. The number of nitrogens with two attached hydrogens (primary N) is 1. The van der Waals surface area contributed by atoms with Crippen LogP contribution in [0.5, 0.6) is 5.75 Å². The molecule has 1 aromatic heterocycles. The van der Waals surface area contributed by atoms with E-state index in [0.29, 0.717) is 31.1 Å². The van der Waals surface area contributed by atoms with Crippen LogP contribution in [0.15, 0.2) is 41.3 Å². The first kappa shape index (κ1) is 19.4. The van der Waals surface area contributed by atoms with Gasteiger partial charge in [-0.3, -0.25) is 15.0 Å². The van der Waals surface area contributed by atoms with Crippen molar-refractivity contribution >= 4 is 17.5 Å². The minimum Gasteiger partial charge on any atom is -0.492 e. The molecule has 9 heteroatoms. The van der Waals surface area contributed by atoms with E-state index >= 15 is 0 Å². The van der Waals surface area contributed by atoms with Crippen molar-refractivity contribution in [3.63, 3.8) is 0 Å². The van der Waals surface area contributed by atoms with Gasteiger partial charge in [0.05, 0.1) is 12.3 Å². The summed E-state index contributed by atoms with van der Waals surface area (Å²) in [5.74, 6) is -0.573. The maximum absolute atomic E-state index is 14.7. The molecule has 1 aliphatic heterocycles. The van der Waals surface area contributed by atoms with Crippen molar-refractivity contribution in [1.29, 1.82) is 5.41 Å². The normalized spacial score (nSPS) is 13.7. The topological polar surface area (TPSA) is 122 Å². The number of nitrogens with one attached hydrogen (secondary N) is 2.